The summed E-state index contributed by atoms with van der Waals surface area (Å²) < 4.78 is 5.24. The Bertz CT molecular complexity index is 514. The summed E-state index contributed by atoms with van der Waals surface area (Å²) in [5.74, 6) is 3.75. The van der Waals surface area contributed by atoms with Gasteiger partial charge in [-0.25, -0.2) is 0 Å². The minimum Gasteiger partial charge on any atom is -0.497 e. The maximum absolute atomic E-state index is 12.8. The van der Waals surface area contributed by atoms with Crippen molar-refractivity contribution in [3.05, 3.63) is 29.8 Å². The van der Waals surface area contributed by atoms with Crippen LogP contribution in [0.1, 0.15) is 36.0 Å². The van der Waals surface area contributed by atoms with Gasteiger partial charge in [0.15, 0.2) is 5.78 Å². The van der Waals surface area contributed by atoms with Crippen LogP contribution in [0.15, 0.2) is 24.3 Å². The molecule has 2 aliphatic heterocycles. The highest BCUT2D eigenvalue weighted by molar-refractivity contribution is 7.99. The Morgan fingerprint density at radius 3 is 2.86 bits per heavy atom. The first kappa shape index (κ1) is 15.9. The Morgan fingerprint density at radius 1 is 1.27 bits per heavy atom. The summed E-state index contributed by atoms with van der Waals surface area (Å²) in [6, 6.07) is 8.29. The van der Waals surface area contributed by atoms with E-state index in [1.807, 2.05) is 24.3 Å². The molecule has 0 spiro atoms. The van der Waals surface area contributed by atoms with Crippen LogP contribution in [0.5, 0.6) is 5.75 Å². The predicted octanol–water partition coefficient (Wildman–Crippen LogP) is 3.49. The van der Waals surface area contributed by atoms with Gasteiger partial charge in [0.2, 0.25) is 0 Å². The lowest BCUT2D eigenvalue weighted by Gasteiger charge is -2.39. The van der Waals surface area contributed by atoms with Gasteiger partial charge < -0.3 is 4.74 Å². The number of nitrogens with zero attached hydrogens (tertiary/aromatic N) is 1. The molecule has 1 atom stereocenters. The summed E-state index contributed by atoms with van der Waals surface area (Å²) >= 11 is 2.06. The van der Waals surface area contributed by atoms with E-state index in [0.29, 0.717) is 6.04 Å². The van der Waals surface area contributed by atoms with Gasteiger partial charge in [0.25, 0.3) is 0 Å². The van der Waals surface area contributed by atoms with Crippen molar-refractivity contribution in [3.8, 4) is 5.75 Å². The van der Waals surface area contributed by atoms with E-state index < -0.39 is 0 Å². The first-order valence-corrected chi connectivity index (χ1v) is 9.43. The molecule has 0 bridgehead atoms. The molecule has 2 fully saturated rings. The van der Waals surface area contributed by atoms with Crippen LogP contribution in [-0.2, 0) is 0 Å². The molecule has 2 heterocycles. The standard InChI is InChI=1S/C18H25NO2S/c1-21-17-6-2-4-14(12-17)18(20)15-5-3-9-19(13-15)16-7-10-22-11-8-16/h2,4,6,12,15-16H,3,5,7-11,13H2,1H3. The summed E-state index contributed by atoms with van der Waals surface area (Å²) in [5.41, 5.74) is 0.797. The second kappa shape index (κ2) is 7.51. The second-order valence-corrected chi connectivity index (χ2v) is 7.50. The summed E-state index contributed by atoms with van der Waals surface area (Å²) in [7, 11) is 1.65. The van der Waals surface area contributed by atoms with Crippen molar-refractivity contribution in [1.29, 1.82) is 0 Å². The molecular formula is C18H25NO2S. The Morgan fingerprint density at radius 2 is 2.09 bits per heavy atom. The number of methoxy groups -OCH3 is 1. The average Bonchev–Trinajstić information content (AvgIpc) is 2.62. The van der Waals surface area contributed by atoms with Crippen molar-refractivity contribution in [3.63, 3.8) is 0 Å². The SMILES string of the molecule is COc1cccc(C(=O)C2CCCN(C3CCSCC3)C2)c1. The third kappa shape index (κ3) is 3.66. The summed E-state index contributed by atoms with van der Waals surface area (Å²) in [5, 5.41) is 0. The van der Waals surface area contributed by atoms with E-state index in [0.717, 1.165) is 37.2 Å². The number of Topliss-reactive ketones (excluding diaryl/α,β-unsaturated/α-hetero) is 1. The van der Waals surface area contributed by atoms with Crippen LogP contribution < -0.4 is 4.74 Å². The third-order valence-electron chi connectivity index (χ3n) is 4.89. The largest absolute Gasteiger partial charge is 0.497 e. The monoisotopic (exact) mass is 319 g/mol. The number of carbonyl (C=O) groups excluding carboxylic acids is 1. The Kier molecular flexibility index (Phi) is 5.42. The van der Waals surface area contributed by atoms with Crippen molar-refractivity contribution in [2.75, 3.05) is 31.7 Å². The summed E-state index contributed by atoms with van der Waals surface area (Å²) in [4.78, 5) is 15.4. The van der Waals surface area contributed by atoms with Gasteiger partial charge in [-0.3, -0.25) is 9.69 Å². The van der Waals surface area contributed by atoms with Crippen molar-refractivity contribution in [1.82, 2.24) is 4.90 Å². The van der Waals surface area contributed by atoms with Crippen LogP contribution in [0.3, 0.4) is 0 Å². The second-order valence-electron chi connectivity index (χ2n) is 6.27. The molecule has 2 saturated heterocycles. The predicted molar refractivity (Wildman–Crippen MR) is 92.0 cm³/mol. The lowest BCUT2D eigenvalue weighted by molar-refractivity contribution is 0.0741. The van der Waals surface area contributed by atoms with Crippen molar-refractivity contribution >= 4 is 17.5 Å². The molecule has 4 heteroatoms. The molecule has 1 unspecified atom stereocenters. The highest BCUT2D eigenvalue weighted by Crippen LogP contribution is 2.28. The van der Waals surface area contributed by atoms with E-state index >= 15 is 0 Å². The van der Waals surface area contributed by atoms with Crippen molar-refractivity contribution < 1.29 is 9.53 Å². The van der Waals surface area contributed by atoms with Crippen LogP contribution in [0, 0.1) is 5.92 Å². The van der Waals surface area contributed by atoms with Crippen LogP contribution in [0.2, 0.25) is 0 Å². The van der Waals surface area contributed by atoms with Crippen LogP contribution in [0.4, 0.5) is 0 Å². The zero-order valence-corrected chi connectivity index (χ0v) is 14.1. The van der Waals surface area contributed by atoms with E-state index in [1.54, 1.807) is 7.11 Å². The molecule has 0 radical (unpaired) electrons. The van der Waals surface area contributed by atoms with Crippen LogP contribution >= 0.6 is 11.8 Å². The number of likely N-dealkylation sites (tertiary alicyclic amines) is 1. The molecule has 1 aromatic rings. The Hall–Kier alpha value is -1.00. The Labute approximate surface area is 137 Å². The third-order valence-corrected chi connectivity index (χ3v) is 5.93. The number of ketones is 1. The molecule has 3 nitrogen and oxygen atoms in total. The van der Waals surface area contributed by atoms with Gasteiger partial charge in [0, 0.05) is 24.1 Å². The molecule has 0 N–H and O–H groups in total. The number of thioether (sulfide) groups is 1. The normalized spacial score (nSPS) is 24.1. The molecular weight excluding hydrogens is 294 g/mol. The Balaban J connectivity index is 1.66. The van der Waals surface area contributed by atoms with Crippen molar-refractivity contribution in [2.24, 2.45) is 5.92 Å². The highest BCUT2D eigenvalue weighted by atomic mass is 32.2. The molecule has 3 rings (SSSR count). The molecule has 0 amide bonds. The average molecular weight is 319 g/mol. The number of hydrogen-bond donors (Lipinski definition) is 0. The van der Waals surface area contributed by atoms with Crippen LogP contribution in [-0.4, -0.2) is 48.4 Å². The number of ether oxygens (including phenoxy) is 1. The minimum absolute atomic E-state index is 0.149. The first-order chi connectivity index (χ1) is 10.8. The number of piperidine rings is 1. The number of hydrogen-bond acceptors (Lipinski definition) is 4. The topological polar surface area (TPSA) is 29.5 Å². The number of benzene rings is 1. The number of carbonyl (C=O) groups is 1. The highest BCUT2D eigenvalue weighted by Gasteiger charge is 2.30. The van der Waals surface area contributed by atoms with E-state index in [1.165, 1.54) is 24.3 Å². The molecule has 120 valence electrons. The lowest BCUT2D eigenvalue weighted by Crippen LogP contribution is -2.46. The van der Waals surface area contributed by atoms with Gasteiger partial charge in [0.05, 0.1) is 7.11 Å². The maximum Gasteiger partial charge on any atom is 0.167 e. The molecule has 0 saturated carbocycles. The zero-order valence-electron chi connectivity index (χ0n) is 13.3. The van der Waals surface area contributed by atoms with Gasteiger partial charge in [0.1, 0.15) is 5.75 Å². The molecule has 1 aromatic carbocycles. The quantitative estimate of drug-likeness (QED) is 0.795. The fourth-order valence-electron chi connectivity index (χ4n) is 3.61. The lowest BCUT2D eigenvalue weighted by atomic mass is 9.88. The van der Waals surface area contributed by atoms with Gasteiger partial charge in [-0.1, -0.05) is 12.1 Å². The smallest absolute Gasteiger partial charge is 0.167 e. The van der Waals surface area contributed by atoms with Gasteiger partial charge >= 0.3 is 0 Å². The van der Waals surface area contributed by atoms with Gasteiger partial charge in [-0.2, -0.15) is 11.8 Å². The molecule has 0 aliphatic carbocycles. The van der Waals surface area contributed by atoms with E-state index in [-0.39, 0.29) is 11.7 Å². The van der Waals surface area contributed by atoms with Crippen LogP contribution in [0.25, 0.3) is 0 Å². The molecule has 0 aromatic heterocycles. The fourth-order valence-corrected chi connectivity index (χ4v) is 4.70. The van der Waals surface area contributed by atoms with Gasteiger partial charge in [-0.05, 0) is 55.9 Å². The van der Waals surface area contributed by atoms with E-state index in [4.69, 9.17) is 4.74 Å². The fraction of sp³-hybridized carbons (Fsp3) is 0.611. The number of rotatable bonds is 4. The summed E-state index contributed by atoms with van der Waals surface area (Å²) in [6.07, 6.45) is 4.73. The van der Waals surface area contributed by atoms with E-state index in [2.05, 4.69) is 16.7 Å². The molecule has 22 heavy (non-hydrogen) atoms. The van der Waals surface area contributed by atoms with E-state index in [9.17, 15) is 4.79 Å². The summed E-state index contributed by atoms with van der Waals surface area (Å²) in [6.45, 7) is 2.10. The van der Waals surface area contributed by atoms with Gasteiger partial charge in [-0.15, -0.1) is 0 Å². The van der Waals surface area contributed by atoms with Crippen molar-refractivity contribution in [2.45, 2.75) is 31.7 Å². The first-order valence-electron chi connectivity index (χ1n) is 8.28. The molecule has 2 aliphatic rings. The maximum atomic E-state index is 12.8. The zero-order chi connectivity index (χ0) is 15.4. The minimum atomic E-state index is 0.149.